The number of hydrogen-bond acceptors (Lipinski definition) is 2. The minimum Gasteiger partial charge on any atom is -0.478 e. The summed E-state index contributed by atoms with van der Waals surface area (Å²) in [5, 5.41) is 9.11. The quantitative estimate of drug-likeness (QED) is 0.768. The number of imidazole rings is 1. The third kappa shape index (κ3) is 2.25. The molecule has 0 aliphatic rings. The van der Waals surface area contributed by atoms with Gasteiger partial charge in [0.2, 0.25) is 0 Å². The number of para-hydroxylation sites is 1. The molecule has 0 spiro atoms. The highest BCUT2D eigenvalue weighted by atomic mass is 19.1. The number of hydrogen-bond donors (Lipinski definition) is 2. The fraction of sp³-hybridized carbons (Fsp3) is 0.0667. The van der Waals surface area contributed by atoms with Gasteiger partial charge in [-0.2, -0.15) is 0 Å². The van der Waals surface area contributed by atoms with E-state index in [1.54, 1.807) is 24.3 Å². The molecule has 0 radical (unpaired) electrons. The van der Waals surface area contributed by atoms with Gasteiger partial charge in [-0.3, -0.25) is 0 Å². The number of aromatic carboxylic acids is 1. The molecular weight excluding hydrogens is 259 g/mol. The molecule has 0 aliphatic carbocycles. The molecule has 2 N–H and O–H groups in total. The van der Waals surface area contributed by atoms with Crippen molar-refractivity contribution in [1.82, 2.24) is 9.97 Å². The van der Waals surface area contributed by atoms with Gasteiger partial charge in [0.05, 0.1) is 11.1 Å². The molecule has 4 nitrogen and oxygen atoms in total. The van der Waals surface area contributed by atoms with Gasteiger partial charge in [0.1, 0.15) is 17.2 Å². The first-order valence-corrected chi connectivity index (χ1v) is 6.09. The van der Waals surface area contributed by atoms with E-state index in [4.69, 9.17) is 5.11 Å². The molecule has 0 amide bonds. The average Bonchev–Trinajstić information content (AvgIpc) is 2.80. The minimum atomic E-state index is -1.01. The molecule has 1 heterocycles. The Labute approximate surface area is 113 Å². The van der Waals surface area contributed by atoms with Crippen molar-refractivity contribution in [3.63, 3.8) is 0 Å². The standard InChI is InChI=1S/C15H11FN2O2/c16-10-4-1-3-9(7-10)8-13-17-12-6-2-5-11(15(19)20)14(12)18-13/h1-7H,8H2,(H,17,18)(H,19,20). The Morgan fingerprint density at radius 2 is 2.05 bits per heavy atom. The van der Waals surface area contributed by atoms with E-state index in [0.29, 0.717) is 23.3 Å². The zero-order valence-corrected chi connectivity index (χ0v) is 10.4. The predicted octanol–water partition coefficient (Wildman–Crippen LogP) is 2.99. The summed E-state index contributed by atoms with van der Waals surface area (Å²) >= 11 is 0. The summed E-state index contributed by atoms with van der Waals surface area (Å²) in [5.41, 5.74) is 2.02. The zero-order chi connectivity index (χ0) is 14.1. The van der Waals surface area contributed by atoms with Crippen LogP contribution in [0.15, 0.2) is 42.5 Å². The second kappa shape index (κ2) is 4.77. The first kappa shape index (κ1) is 12.3. The molecule has 0 saturated carbocycles. The lowest BCUT2D eigenvalue weighted by Crippen LogP contribution is -1.97. The zero-order valence-electron chi connectivity index (χ0n) is 10.4. The topological polar surface area (TPSA) is 66.0 Å². The number of aromatic nitrogens is 2. The van der Waals surface area contributed by atoms with Gasteiger partial charge >= 0.3 is 5.97 Å². The highest BCUT2D eigenvalue weighted by Gasteiger charge is 2.12. The molecule has 2 aromatic carbocycles. The molecule has 20 heavy (non-hydrogen) atoms. The highest BCUT2D eigenvalue weighted by Crippen LogP contribution is 2.18. The Balaban J connectivity index is 2.01. The Hall–Kier alpha value is -2.69. The molecule has 0 unspecified atom stereocenters. The number of benzene rings is 2. The van der Waals surface area contributed by atoms with E-state index >= 15 is 0 Å². The van der Waals surface area contributed by atoms with Gasteiger partial charge in [0, 0.05) is 6.42 Å². The first-order chi connectivity index (χ1) is 9.63. The molecule has 0 bridgehead atoms. The maximum absolute atomic E-state index is 13.1. The lowest BCUT2D eigenvalue weighted by molar-refractivity contribution is 0.0699. The molecule has 3 rings (SSSR count). The maximum Gasteiger partial charge on any atom is 0.337 e. The third-order valence-corrected chi connectivity index (χ3v) is 3.05. The van der Waals surface area contributed by atoms with Crippen molar-refractivity contribution in [3.8, 4) is 0 Å². The fourth-order valence-electron chi connectivity index (χ4n) is 2.18. The molecule has 0 fully saturated rings. The Kier molecular flexibility index (Phi) is 2.95. The average molecular weight is 270 g/mol. The molecule has 5 heteroatoms. The number of carboxylic acid groups (broad SMARTS) is 1. The largest absolute Gasteiger partial charge is 0.478 e. The van der Waals surface area contributed by atoms with Crippen LogP contribution in [0, 0.1) is 5.82 Å². The number of rotatable bonds is 3. The van der Waals surface area contributed by atoms with E-state index in [2.05, 4.69) is 9.97 Å². The lowest BCUT2D eigenvalue weighted by atomic mass is 10.1. The number of fused-ring (bicyclic) bond motifs is 1. The highest BCUT2D eigenvalue weighted by molar-refractivity contribution is 6.00. The van der Waals surface area contributed by atoms with Gasteiger partial charge in [-0.15, -0.1) is 0 Å². The summed E-state index contributed by atoms with van der Waals surface area (Å²) < 4.78 is 13.1. The van der Waals surface area contributed by atoms with Crippen molar-refractivity contribution in [2.75, 3.05) is 0 Å². The summed E-state index contributed by atoms with van der Waals surface area (Å²) in [7, 11) is 0. The van der Waals surface area contributed by atoms with E-state index in [-0.39, 0.29) is 11.4 Å². The number of nitrogens with zero attached hydrogens (tertiary/aromatic N) is 1. The van der Waals surface area contributed by atoms with Crippen molar-refractivity contribution in [2.24, 2.45) is 0 Å². The van der Waals surface area contributed by atoms with Crippen LogP contribution < -0.4 is 0 Å². The van der Waals surface area contributed by atoms with Crippen LogP contribution in [0.2, 0.25) is 0 Å². The van der Waals surface area contributed by atoms with Crippen LogP contribution in [0.25, 0.3) is 11.0 Å². The number of H-pyrrole nitrogens is 1. The number of carbonyl (C=O) groups is 1. The third-order valence-electron chi connectivity index (χ3n) is 3.05. The second-order valence-corrected chi connectivity index (χ2v) is 4.50. The van der Waals surface area contributed by atoms with Crippen LogP contribution in [0.1, 0.15) is 21.7 Å². The van der Waals surface area contributed by atoms with Crippen LogP contribution in [-0.2, 0) is 6.42 Å². The van der Waals surface area contributed by atoms with Crippen molar-refractivity contribution in [3.05, 3.63) is 65.2 Å². The molecule has 0 atom stereocenters. The number of aromatic amines is 1. The van der Waals surface area contributed by atoms with Crippen LogP contribution in [0.5, 0.6) is 0 Å². The Morgan fingerprint density at radius 3 is 2.80 bits per heavy atom. The molecule has 0 aliphatic heterocycles. The molecule has 3 aromatic rings. The SMILES string of the molecule is O=C(O)c1cccc2[nH]c(Cc3cccc(F)c3)nc12. The van der Waals surface area contributed by atoms with E-state index in [9.17, 15) is 9.18 Å². The Morgan fingerprint density at radius 1 is 1.25 bits per heavy atom. The van der Waals surface area contributed by atoms with Gasteiger partial charge in [0.15, 0.2) is 0 Å². The number of halogens is 1. The van der Waals surface area contributed by atoms with Crippen molar-refractivity contribution in [1.29, 1.82) is 0 Å². The van der Waals surface area contributed by atoms with Crippen molar-refractivity contribution >= 4 is 17.0 Å². The smallest absolute Gasteiger partial charge is 0.337 e. The first-order valence-electron chi connectivity index (χ1n) is 6.09. The monoisotopic (exact) mass is 270 g/mol. The van der Waals surface area contributed by atoms with E-state index in [0.717, 1.165) is 5.56 Å². The molecule has 1 aromatic heterocycles. The predicted molar refractivity (Wildman–Crippen MR) is 72.3 cm³/mol. The summed E-state index contributed by atoms with van der Waals surface area (Å²) in [6.45, 7) is 0. The van der Waals surface area contributed by atoms with Crippen LogP contribution >= 0.6 is 0 Å². The molecular formula is C15H11FN2O2. The Bertz CT molecular complexity index is 795. The van der Waals surface area contributed by atoms with Crippen molar-refractivity contribution in [2.45, 2.75) is 6.42 Å². The van der Waals surface area contributed by atoms with Gasteiger partial charge in [-0.05, 0) is 29.8 Å². The van der Waals surface area contributed by atoms with Gasteiger partial charge in [-0.1, -0.05) is 18.2 Å². The van der Waals surface area contributed by atoms with Crippen molar-refractivity contribution < 1.29 is 14.3 Å². The minimum absolute atomic E-state index is 0.157. The fourth-order valence-corrected chi connectivity index (χ4v) is 2.18. The normalized spacial score (nSPS) is 10.8. The lowest BCUT2D eigenvalue weighted by Gasteiger charge is -1.97. The van der Waals surface area contributed by atoms with Gasteiger partial charge in [0.25, 0.3) is 0 Å². The van der Waals surface area contributed by atoms with Crippen LogP contribution in [0.4, 0.5) is 4.39 Å². The number of carboxylic acids is 1. The summed E-state index contributed by atoms with van der Waals surface area (Å²) in [6.07, 6.45) is 0.422. The molecule has 0 saturated heterocycles. The van der Waals surface area contributed by atoms with Gasteiger partial charge < -0.3 is 10.1 Å². The summed E-state index contributed by atoms with van der Waals surface area (Å²) in [5.74, 6) is -0.705. The van der Waals surface area contributed by atoms with E-state index < -0.39 is 5.97 Å². The van der Waals surface area contributed by atoms with Crippen LogP contribution in [0.3, 0.4) is 0 Å². The summed E-state index contributed by atoms with van der Waals surface area (Å²) in [4.78, 5) is 18.5. The maximum atomic E-state index is 13.1. The second-order valence-electron chi connectivity index (χ2n) is 4.50. The molecule has 100 valence electrons. The van der Waals surface area contributed by atoms with Crippen LogP contribution in [-0.4, -0.2) is 21.0 Å². The summed E-state index contributed by atoms with van der Waals surface area (Å²) in [6, 6.07) is 11.2. The number of nitrogens with one attached hydrogen (secondary N) is 1. The van der Waals surface area contributed by atoms with Gasteiger partial charge in [-0.25, -0.2) is 14.2 Å². The van der Waals surface area contributed by atoms with E-state index in [1.807, 2.05) is 0 Å². The van der Waals surface area contributed by atoms with E-state index in [1.165, 1.54) is 18.2 Å².